The molecule has 2 aromatic rings. The third kappa shape index (κ3) is 1.68. The standard InChI is InChI=1S/C14H15N3O/c1-17-12-6-2-4-10(8-15)13(12)16-14(17)11-5-3-7-18-9-11/h2,4,6,11H,3,5,7,9H2,1H3. The molecule has 1 unspecified atom stereocenters. The first-order valence-corrected chi connectivity index (χ1v) is 6.24. The van der Waals surface area contributed by atoms with Crippen molar-refractivity contribution in [3.05, 3.63) is 29.6 Å². The maximum Gasteiger partial charge on any atom is 0.115 e. The zero-order valence-corrected chi connectivity index (χ0v) is 10.4. The van der Waals surface area contributed by atoms with Crippen LogP contribution >= 0.6 is 0 Å². The van der Waals surface area contributed by atoms with Gasteiger partial charge >= 0.3 is 0 Å². The first-order valence-electron chi connectivity index (χ1n) is 6.24. The van der Waals surface area contributed by atoms with Gasteiger partial charge in [-0.3, -0.25) is 0 Å². The lowest BCUT2D eigenvalue weighted by atomic mass is 10.0. The van der Waals surface area contributed by atoms with Gasteiger partial charge in [-0.1, -0.05) is 6.07 Å². The summed E-state index contributed by atoms with van der Waals surface area (Å²) in [5, 5.41) is 9.12. The number of rotatable bonds is 1. The lowest BCUT2D eigenvalue weighted by Crippen LogP contribution is -2.18. The SMILES string of the molecule is Cn1c(C2CCCOC2)nc2c(C#N)cccc21. The summed E-state index contributed by atoms with van der Waals surface area (Å²) in [7, 11) is 2.01. The van der Waals surface area contributed by atoms with Crippen molar-refractivity contribution in [1.82, 2.24) is 9.55 Å². The number of aryl methyl sites for hydroxylation is 1. The summed E-state index contributed by atoms with van der Waals surface area (Å²) in [6.45, 7) is 1.59. The summed E-state index contributed by atoms with van der Waals surface area (Å²) >= 11 is 0. The largest absolute Gasteiger partial charge is 0.381 e. The van der Waals surface area contributed by atoms with Gasteiger partial charge in [0, 0.05) is 19.6 Å². The Morgan fingerprint density at radius 1 is 1.50 bits per heavy atom. The molecule has 4 nitrogen and oxygen atoms in total. The van der Waals surface area contributed by atoms with Gasteiger partial charge in [-0.2, -0.15) is 5.26 Å². The Hall–Kier alpha value is -1.86. The van der Waals surface area contributed by atoms with Gasteiger partial charge in [0.15, 0.2) is 0 Å². The van der Waals surface area contributed by atoms with Crippen molar-refractivity contribution in [2.24, 2.45) is 7.05 Å². The lowest BCUT2D eigenvalue weighted by molar-refractivity contribution is 0.0774. The van der Waals surface area contributed by atoms with E-state index < -0.39 is 0 Å². The van der Waals surface area contributed by atoms with Crippen LogP contribution in [-0.4, -0.2) is 22.8 Å². The molecule has 0 radical (unpaired) electrons. The molecule has 18 heavy (non-hydrogen) atoms. The van der Waals surface area contributed by atoms with Gasteiger partial charge in [-0.15, -0.1) is 0 Å². The minimum absolute atomic E-state index is 0.350. The molecule has 2 heterocycles. The highest BCUT2D eigenvalue weighted by molar-refractivity contribution is 5.82. The second kappa shape index (κ2) is 4.43. The van der Waals surface area contributed by atoms with E-state index in [-0.39, 0.29) is 0 Å². The molecular formula is C14H15N3O. The minimum Gasteiger partial charge on any atom is -0.381 e. The lowest BCUT2D eigenvalue weighted by Gasteiger charge is -2.21. The maximum absolute atomic E-state index is 9.12. The van der Waals surface area contributed by atoms with Crippen molar-refractivity contribution in [2.45, 2.75) is 18.8 Å². The Kier molecular flexibility index (Phi) is 2.77. The zero-order chi connectivity index (χ0) is 12.5. The van der Waals surface area contributed by atoms with Crippen LogP contribution in [0.3, 0.4) is 0 Å². The van der Waals surface area contributed by atoms with Crippen LogP contribution in [0.2, 0.25) is 0 Å². The topological polar surface area (TPSA) is 50.8 Å². The zero-order valence-electron chi connectivity index (χ0n) is 10.4. The van der Waals surface area contributed by atoms with Crippen molar-refractivity contribution in [1.29, 1.82) is 5.26 Å². The fraction of sp³-hybridized carbons (Fsp3) is 0.429. The molecule has 1 aliphatic rings. The molecule has 1 saturated heterocycles. The first-order chi connectivity index (χ1) is 8.81. The Morgan fingerprint density at radius 2 is 2.39 bits per heavy atom. The summed E-state index contributed by atoms with van der Waals surface area (Å²) in [4.78, 5) is 4.67. The van der Waals surface area contributed by atoms with E-state index in [2.05, 4.69) is 15.6 Å². The van der Waals surface area contributed by atoms with Crippen LogP contribution in [0, 0.1) is 11.3 Å². The Bertz CT molecular complexity index is 618. The maximum atomic E-state index is 9.12. The van der Waals surface area contributed by atoms with Crippen LogP contribution in [0.25, 0.3) is 11.0 Å². The van der Waals surface area contributed by atoms with E-state index in [0.29, 0.717) is 11.5 Å². The molecule has 3 rings (SSSR count). The first kappa shape index (κ1) is 11.2. The van der Waals surface area contributed by atoms with Crippen molar-refractivity contribution < 1.29 is 4.74 Å². The van der Waals surface area contributed by atoms with E-state index in [0.717, 1.165) is 42.9 Å². The van der Waals surface area contributed by atoms with Crippen LogP contribution in [0.1, 0.15) is 30.1 Å². The summed E-state index contributed by atoms with van der Waals surface area (Å²) < 4.78 is 7.62. The van der Waals surface area contributed by atoms with Crippen LogP contribution < -0.4 is 0 Å². The van der Waals surface area contributed by atoms with E-state index in [4.69, 9.17) is 10.00 Å². The van der Waals surface area contributed by atoms with Crippen molar-refractivity contribution in [3.63, 3.8) is 0 Å². The highest BCUT2D eigenvalue weighted by Gasteiger charge is 2.22. The van der Waals surface area contributed by atoms with E-state index >= 15 is 0 Å². The average Bonchev–Trinajstić information content (AvgIpc) is 2.77. The average molecular weight is 241 g/mol. The quantitative estimate of drug-likeness (QED) is 0.770. The molecular weight excluding hydrogens is 226 g/mol. The molecule has 0 bridgehead atoms. The highest BCUT2D eigenvalue weighted by Crippen LogP contribution is 2.28. The van der Waals surface area contributed by atoms with Gasteiger partial charge in [0.1, 0.15) is 17.4 Å². The number of fused-ring (bicyclic) bond motifs is 1. The normalized spacial score (nSPS) is 19.9. The van der Waals surface area contributed by atoms with Crippen molar-refractivity contribution in [2.75, 3.05) is 13.2 Å². The number of hydrogen-bond donors (Lipinski definition) is 0. The number of ether oxygens (including phenoxy) is 1. The predicted octanol–water partition coefficient (Wildman–Crippen LogP) is 2.34. The fourth-order valence-electron chi connectivity index (χ4n) is 2.63. The third-order valence-corrected chi connectivity index (χ3v) is 3.59. The van der Waals surface area contributed by atoms with Gasteiger partial charge in [0.25, 0.3) is 0 Å². The second-order valence-corrected chi connectivity index (χ2v) is 4.73. The number of hydrogen-bond acceptors (Lipinski definition) is 3. The predicted molar refractivity (Wildman–Crippen MR) is 68.2 cm³/mol. The van der Waals surface area contributed by atoms with Crippen LogP contribution in [-0.2, 0) is 11.8 Å². The second-order valence-electron chi connectivity index (χ2n) is 4.73. The molecule has 92 valence electrons. The number of aromatic nitrogens is 2. The Labute approximate surface area is 106 Å². The smallest absolute Gasteiger partial charge is 0.115 e. The molecule has 1 atom stereocenters. The van der Waals surface area contributed by atoms with Gasteiger partial charge in [0.2, 0.25) is 0 Å². The van der Waals surface area contributed by atoms with Gasteiger partial charge in [-0.05, 0) is 25.0 Å². The molecule has 1 aromatic carbocycles. The number of benzene rings is 1. The molecule has 0 aliphatic carbocycles. The van der Waals surface area contributed by atoms with Crippen molar-refractivity contribution in [3.8, 4) is 6.07 Å². The fourth-order valence-corrected chi connectivity index (χ4v) is 2.63. The summed E-state index contributed by atoms with van der Waals surface area (Å²) in [6, 6.07) is 7.94. The molecule has 1 fully saturated rings. The van der Waals surface area contributed by atoms with Gasteiger partial charge in [-0.25, -0.2) is 4.98 Å². The monoisotopic (exact) mass is 241 g/mol. The van der Waals surface area contributed by atoms with E-state index in [1.807, 2.05) is 25.2 Å². The van der Waals surface area contributed by atoms with Crippen LogP contribution in [0.15, 0.2) is 18.2 Å². The van der Waals surface area contributed by atoms with E-state index in [1.165, 1.54) is 0 Å². The number of imidazole rings is 1. The third-order valence-electron chi connectivity index (χ3n) is 3.59. The minimum atomic E-state index is 0.350. The van der Waals surface area contributed by atoms with E-state index in [9.17, 15) is 0 Å². The Morgan fingerprint density at radius 3 is 3.11 bits per heavy atom. The molecule has 0 amide bonds. The summed E-state index contributed by atoms with van der Waals surface area (Å²) in [5.74, 6) is 1.38. The molecule has 0 N–H and O–H groups in total. The van der Waals surface area contributed by atoms with Gasteiger partial charge in [0.05, 0.1) is 17.7 Å². The number of nitriles is 1. The van der Waals surface area contributed by atoms with Crippen LogP contribution in [0.5, 0.6) is 0 Å². The van der Waals surface area contributed by atoms with Gasteiger partial charge < -0.3 is 9.30 Å². The molecule has 0 saturated carbocycles. The highest BCUT2D eigenvalue weighted by atomic mass is 16.5. The number of para-hydroxylation sites is 1. The molecule has 4 heteroatoms. The Balaban J connectivity index is 2.13. The summed E-state index contributed by atoms with van der Waals surface area (Å²) in [6.07, 6.45) is 2.19. The molecule has 1 aromatic heterocycles. The molecule has 0 spiro atoms. The summed E-state index contributed by atoms with van der Waals surface area (Å²) in [5.41, 5.74) is 2.48. The van der Waals surface area contributed by atoms with Crippen molar-refractivity contribution >= 4 is 11.0 Å². The molecule has 1 aliphatic heterocycles. The van der Waals surface area contributed by atoms with Crippen LogP contribution in [0.4, 0.5) is 0 Å². The number of nitrogens with zero attached hydrogens (tertiary/aromatic N) is 3. The van der Waals surface area contributed by atoms with E-state index in [1.54, 1.807) is 0 Å².